The molecule has 3 atom stereocenters. The van der Waals surface area contributed by atoms with Gasteiger partial charge in [0.2, 0.25) is 0 Å². The summed E-state index contributed by atoms with van der Waals surface area (Å²) < 4.78 is 6.09. The van der Waals surface area contributed by atoms with E-state index in [2.05, 4.69) is 31.2 Å². The molecule has 0 aromatic heterocycles. The van der Waals surface area contributed by atoms with Crippen LogP contribution in [0, 0.1) is 5.92 Å². The fourth-order valence-corrected chi connectivity index (χ4v) is 4.21. The molecule has 2 N–H and O–H groups in total. The highest BCUT2D eigenvalue weighted by Crippen LogP contribution is 2.42. The van der Waals surface area contributed by atoms with Gasteiger partial charge in [-0.05, 0) is 42.7 Å². The van der Waals surface area contributed by atoms with E-state index >= 15 is 0 Å². The Morgan fingerprint density at radius 3 is 3.00 bits per heavy atom. The largest absolute Gasteiger partial charge is 0.373 e. The van der Waals surface area contributed by atoms with Crippen LogP contribution in [0.4, 0.5) is 0 Å². The van der Waals surface area contributed by atoms with Crippen LogP contribution < -0.4 is 5.73 Å². The van der Waals surface area contributed by atoms with Crippen molar-refractivity contribution >= 4 is 0 Å². The smallest absolute Gasteiger partial charge is 0.0845 e. The highest BCUT2D eigenvalue weighted by atomic mass is 16.5. The molecule has 1 aliphatic heterocycles. The van der Waals surface area contributed by atoms with Gasteiger partial charge in [0.15, 0.2) is 0 Å². The maximum Gasteiger partial charge on any atom is 0.0845 e. The van der Waals surface area contributed by atoms with Gasteiger partial charge in [0.25, 0.3) is 0 Å². The van der Waals surface area contributed by atoms with E-state index < -0.39 is 0 Å². The SMILES string of the molecule is CCC1CCCCC1(N)CC1OCCc2ccccc21. The van der Waals surface area contributed by atoms with Crippen LogP contribution in [-0.2, 0) is 11.2 Å². The first kappa shape index (κ1) is 14.1. The summed E-state index contributed by atoms with van der Waals surface area (Å²) in [7, 11) is 0. The number of hydrogen-bond acceptors (Lipinski definition) is 2. The minimum absolute atomic E-state index is 0.0257. The van der Waals surface area contributed by atoms with Gasteiger partial charge >= 0.3 is 0 Å². The fraction of sp³-hybridized carbons (Fsp3) is 0.667. The first-order valence-corrected chi connectivity index (χ1v) is 8.21. The van der Waals surface area contributed by atoms with Gasteiger partial charge in [0.05, 0.1) is 12.7 Å². The number of rotatable bonds is 3. The van der Waals surface area contributed by atoms with Gasteiger partial charge in [0, 0.05) is 5.54 Å². The molecule has 20 heavy (non-hydrogen) atoms. The Bertz CT molecular complexity index is 458. The van der Waals surface area contributed by atoms with Crippen molar-refractivity contribution in [2.24, 2.45) is 11.7 Å². The predicted octanol–water partition coefficient (Wildman–Crippen LogP) is 3.99. The Balaban J connectivity index is 1.80. The minimum Gasteiger partial charge on any atom is -0.373 e. The van der Waals surface area contributed by atoms with Gasteiger partial charge in [-0.2, -0.15) is 0 Å². The molecule has 1 aliphatic carbocycles. The van der Waals surface area contributed by atoms with E-state index in [0.29, 0.717) is 5.92 Å². The molecule has 0 bridgehead atoms. The molecule has 0 spiro atoms. The maximum absolute atomic E-state index is 6.82. The topological polar surface area (TPSA) is 35.2 Å². The van der Waals surface area contributed by atoms with Crippen molar-refractivity contribution in [2.75, 3.05) is 6.61 Å². The van der Waals surface area contributed by atoms with E-state index in [0.717, 1.165) is 25.9 Å². The molecule has 2 nitrogen and oxygen atoms in total. The summed E-state index contributed by atoms with van der Waals surface area (Å²) >= 11 is 0. The van der Waals surface area contributed by atoms with E-state index in [-0.39, 0.29) is 11.6 Å². The molecular weight excluding hydrogens is 246 g/mol. The third kappa shape index (κ3) is 2.64. The molecule has 110 valence electrons. The number of benzene rings is 1. The molecule has 3 unspecified atom stereocenters. The second kappa shape index (κ2) is 5.87. The maximum atomic E-state index is 6.82. The summed E-state index contributed by atoms with van der Waals surface area (Å²) in [6.07, 6.45) is 8.52. The van der Waals surface area contributed by atoms with Gasteiger partial charge in [-0.3, -0.25) is 0 Å². The van der Waals surface area contributed by atoms with Crippen molar-refractivity contribution < 1.29 is 4.74 Å². The summed E-state index contributed by atoms with van der Waals surface area (Å²) in [4.78, 5) is 0. The van der Waals surface area contributed by atoms with Gasteiger partial charge in [0.1, 0.15) is 0 Å². The quantitative estimate of drug-likeness (QED) is 0.903. The lowest BCUT2D eigenvalue weighted by Crippen LogP contribution is -2.50. The highest BCUT2D eigenvalue weighted by Gasteiger charge is 2.39. The number of nitrogens with two attached hydrogens (primary N) is 1. The van der Waals surface area contributed by atoms with Crippen LogP contribution in [-0.4, -0.2) is 12.1 Å². The Morgan fingerprint density at radius 2 is 2.15 bits per heavy atom. The number of ether oxygens (including phenoxy) is 1. The lowest BCUT2D eigenvalue weighted by molar-refractivity contribution is 0.00369. The van der Waals surface area contributed by atoms with Crippen LogP contribution in [0.5, 0.6) is 0 Å². The molecular formula is C18H27NO. The Hall–Kier alpha value is -0.860. The van der Waals surface area contributed by atoms with Gasteiger partial charge in [-0.15, -0.1) is 0 Å². The zero-order chi connectivity index (χ0) is 14.0. The van der Waals surface area contributed by atoms with Crippen molar-refractivity contribution in [1.82, 2.24) is 0 Å². The fourth-order valence-electron chi connectivity index (χ4n) is 4.21. The molecule has 3 rings (SSSR count). The van der Waals surface area contributed by atoms with Crippen molar-refractivity contribution in [3.8, 4) is 0 Å². The lowest BCUT2D eigenvalue weighted by atomic mass is 9.68. The molecule has 1 fully saturated rings. The third-order valence-corrected chi connectivity index (χ3v) is 5.41. The average Bonchev–Trinajstić information content (AvgIpc) is 2.48. The van der Waals surface area contributed by atoms with E-state index in [9.17, 15) is 0 Å². The minimum atomic E-state index is -0.0257. The van der Waals surface area contributed by atoms with Crippen molar-refractivity contribution in [1.29, 1.82) is 0 Å². The summed E-state index contributed by atoms with van der Waals surface area (Å²) in [5.74, 6) is 0.661. The zero-order valence-electron chi connectivity index (χ0n) is 12.6. The van der Waals surface area contributed by atoms with E-state index in [1.165, 1.54) is 36.8 Å². The van der Waals surface area contributed by atoms with Crippen molar-refractivity contribution in [3.05, 3.63) is 35.4 Å². The van der Waals surface area contributed by atoms with E-state index in [1.807, 2.05) is 0 Å². The molecule has 0 radical (unpaired) electrons. The van der Waals surface area contributed by atoms with Gasteiger partial charge in [-0.1, -0.05) is 50.5 Å². The van der Waals surface area contributed by atoms with Crippen LogP contribution in [0.1, 0.15) is 62.7 Å². The van der Waals surface area contributed by atoms with E-state index in [1.54, 1.807) is 0 Å². The van der Waals surface area contributed by atoms with Crippen LogP contribution in [0.15, 0.2) is 24.3 Å². The molecule has 1 saturated carbocycles. The second-order valence-electron chi connectivity index (χ2n) is 6.60. The normalized spacial score (nSPS) is 33.7. The van der Waals surface area contributed by atoms with Crippen molar-refractivity contribution in [2.45, 2.75) is 63.5 Å². The molecule has 1 heterocycles. The van der Waals surface area contributed by atoms with E-state index in [4.69, 9.17) is 10.5 Å². The average molecular weight is 273 g/mol. The molecule has 2 aliphatic rings. The molecule has 1 aromatic carbocycles. The zero-order valence-corrected chi connectivity index (χ0v) is 12.6. The molecule has 0 saturated heterocycles. The van der Waals surface area contributed by atoms with Gasteiger partial charge < -0.3 is 10.5 Å². The summed E-state index contributed by atoms with van der Waals surface area (Å²) in [5.41, 5.74) is 9.63. The Morgan fingerprint density at radius 1 is 1.30 bits per heavy atom. The molecule has 1 aromatic rings. The molecule has 0 amide bonds. The summed E-state index contributed by atoms with van der Waals surface area (Å²) in [6.45, 7) is 3.13. The van der Waals surface area contributed by atoms with Gasteiger partial charge in [-0.25, -0.2) is 0 Å². The Labute approximate surface area is 122 Å². The summed E-state index contributed by atoms with van der Waals surface area (Å²) in [6, 6.07) is 8.73. The van der Waals surface area contributed by atoms with Crippen molar-refractivity contribution in [3.63, 3.8) is 0 Å². The Kier molecular flexibility index (Phi) is 4.13. The first-order chi connectivity index (χ1) is 9.73. The molecule has 2 heteroatoms. The standard InChI is InChI=1S/C18H27NO/c1-2-15-8-5-6-11-18(15,19)13-17-16-9-4-3-7-14(16)10-12-20-17/h3-4,7,9,15,17H,2,5-6,8,10-13,19H2,1H3. The second-order valence-corrected chi connectivity index (χ2v) is 6.60. The van der Waals surface area contributed by atoms with Crippen LogP contribution in [0.3, 0.4) is 0 Å². The predicted molar refractivity (Wildman–Crippen MR) is 82.6 cm³/mol. The number of fused-ring (bicyclic) bond motifs is 1. The monoisotopic (exact) mass is 273 g/mol. The van der Waals surface area contributed by atoms with Crippen LogP contribution in [0.2, 0.25) is 0 Å². The highest BCUT2D eigenvalue weighted by molar-refractivity contribution is 5.31. The van der Waals surface area contributed by atoms with Crippen LogP contribution in [0.25, 0.3) is 0 Å². The lowest BCUT2D eigenvalue weighted by Gasteiger charge is -2.44. The third-order valence-electron chi connectivity index (χ3n) is 5.41. The first-order valence-electron chi connectivity index (χ1n) is 8.21. The van der Waals surface area contributed by atoms with Crippen LogP contribution >= 0.6 is 0 Å². The number of hydrogen-bond donors (Lipinski definition) is 1. The summed E-state index contributed by atoms with van der Waals surface area (Å²) in [5, 5.41) is 0.